The van der Waals surface area contributed by atoms with Crippen LogP contribution in [0.5, 0.6) is 0 Å². The van der Waals surface area contributed by atoms with Crippen LogP contribution in [-0.2, 0) is 0 Å². The molecule has 3 aromatic rings. The fourth-order valence-corrected chi connectivity index (χ4v) is 2.98. The van der Waals surface area contributed by atoms with Crippen LogP contribution in [-0.4, -0.2) is 11.2 Å². The summed E-state index contributed by atoms with van der Waals surface area (Å²) in [5.41, 5.74) is 7.48. The lowest BCUT2D eigenvalue weighted by molar-refractivity contribution is 1.28. The Balaban J connectivity index is 1.76. The van der Waals surface area contributed by atoms with E-state index in [0.29, 0.717) is 0 Å². The monoisotopic (exact) mass is 307 g/mol. The summed E-state index contributed by atoms with van der Waals surface area (Å²) in [5, 5.41) is 5.10. The van der Waals surface area contributed by atoms with Gasteiger partial charge in [-0.15, -0.1) is 11.3 Å². The van der Waals surface area contributed by atoms with Crippen LogP contribution < -0.4 is 5.43 Å². The Hall–Kier alpha value is -2.46. The highest BCUT2D eigenvalue weighted by atomic mass is 32.1. The SMILES string of the molecule is Cc1ccccc1/C=N/Nc1nc(-c2ccccc2)c(C)s1. The molecule has 0 saturated heterocycles. The van der Waals surface area contributed by atoms with E-state index in [1.54, 1.807) is 11.3 Å². The molecule has 0 fully saturated rings. The predicted molar refractivity (Wildman–Crippen MR) is 94.7 cm³/mol. The largest absolute Gasteiger partial charge is 0.253 e. The maximum Gasteiger partial charge on any atom is 0.204 e. The summed E-state index contributed by atoms with van der Waals surface area (Å²) >= 11 is 1.61. The molecule has 0 amide bonds. The van der Waals surface area contributed by atoms with E-state index in [0.717, 1.165) is 22.0 Å². The Morgan fingerprint density at radius 3 is 2.50 bits per heavy atom. The standard InChI is InChI=1S/C18H17N3S/c1-13-8-6-7-11-16(13)12-19-21-18-20-17(14(2)22-18)15-9-4-3-5-10-15/h3-12H,1-2H3,(H,20,21)/b19-12+. The average molecular weight is 307 g/mol. The zero-order valence-electron chi connectivity index (χ0n) is 12.6. The van der Waals surface area contributed by atoms with E-state index in [1.807, 2.05) is 42.6 Å². The Morgan fingerprint density at radius 1 is 1.00 bits per heavy atom. The minimum Gasteiger partial charge on any atom is -0.253 e. The molecule has 0 aliphatic heterocycles. The third-order valence-corrected chi connectivity index (χ3v) is 4.27. The first-order valence-electron chi connectivity index (χ1n) is 7.11. The van der Waals surface area contributed by atoms with Gasteiger partial charge in [-0.1, -0.05) is 54.6 Å². The van der Waals surface area contributed by atoms with Crippen LogP contribution in [0.2, 0.25) is 0 Å². The van der Waals surface area contributed by atoms with Crippen LogP contribution in [0.3, 0.4) is 0 Å². The van der Waals surface area contributed by atoms with Gasteiger partial charge in [-0.05, 0) is 25.0 Å². The van der Waals surface area contributed by atoms with E-state index in [4.69, 9.17) is 0 Å². The molecule has 0 aliphatic rings. The van der Waals surface area contributed by atoms with Crippen molar-refractivity contribution in [2.24, 2.45) is 5.10 Å². The van der Waals surface area contributed by atoms with Gasteiger partial charge in [0, 0.05) is 10.4 Å². The lowest BCUT2D eigenvalue weighted by atomic mass is 10.1. The summed E-state index contributed by atoms with van der Waals surface area (Å²) in [5.74, 6) is 0. The minimum absolute atomic E-state index is 0.807. The zero-order chi connectivity index (χ0) is 15.4. The Bertz CT molecular complexity index is 791. The number of nitrogens with one attached hydrogen (secondary N) is 1. The second-order valence-electron chi connectivity index (χ2n) is 5.02. The van der Waals surface area contributed by atoms with Gasteiger partial charge >= 0.3 is 0 Å². The highest BCUT2D eigenvalue weighted by Crippen LogP contribution is 2.30. The first-order valence-corrected chi connectivity index (χ1v) is 7.93. The summed E-state index contributed by atoms with van der Waals surface area (Å²) < 4.78 is 0. The second-order valence-corrected chi connectivity index (χ2v) is 6.22. The minimum atomic E-state index is 0.807. The summed E-state index contributed by atoms with van der Waals surface area (Å²) in [6.45, 7) is 4.15. The van der Waals surface area contributed by atoms with Crippen molar-refractivity contribution in [2.45, 2.75) is 13.8 Å². The molecule has 0 unspecified atom stereocenters. The van der Waals surface area contributed by atoms with Crippen molar-refractivity contribution in [3.63, 3.8) is 0 Å². The number of aryl methyl sites for hydroxylation is 2. The molecule has 2 aromatic carbocycles. The Kier molecular flexibility index (Phi) is 4.30. The molecule has 3 rings (SSSR count). The van der Waals surface area contributed by atoms with Gasteiger partial charge in [-0.25, -0.2) is 4.98 Å². The molecule has 3 nitrogen and oxygen atoms in total. The quantitative estimate of drug-likeness (QED) is 0.551. The van der Waals surface area contributed by atoms with E-state index in [1.165, 1.54) is 10.4 Å². The van der Waals surface area contributed by atoms with E-state index >= 15 is 0 Å². The number of anilines is 1. The molecular formula is C18H17N3S. The van der Waals surface area contributed by atoms with Gasteiger partial charge in [0.15, 0.2) is 0 Å². The van der Waals surface area contributed by atoms with Crippen LogP contribution in [0, 0.1) is 13.8 Å². The maximum atomic E-state index is 4.63. The van der Waals surface area contributed by atoms with Crippen molar-refractivity contribution >= 4 is 22.7 Å². The van der Waals surface area contributed by atoms with E-state index < -0.39 is 0 Å². The first-order chi connectivity index (χ1) is 10.7. The average Bonchev–Trinajstić information content (AvgIpc) is 2.91. The van der Waals surface area contributed by atoms with E-state index in [2.05, 4.69) is 47.6 Å². The molecule has 0 radical (unpaired) electrons. The predicted octanol–water partition coefficient (Wildman–Crippen LogP) is 4.87. The smallest absolute Gasteiger partial charge is 0.204 e. The van der Waals surface area contributed by atoms with Gasteiger partial charge in [0.05, 0.1) is 11.9 Å². The zero-order valence-corrected chi connectivity index (χ0v) is 13.4. The lowest BCUT2D eigenvalue weighted by Crippen LogP contribution is -1.92. The van der Waals surface area contributed by atoms with Crippen molar-refractivity contribution < 1.29 is 0 Å². The Labute approximate surface area is 134 Å². The van der Waals surface area contributed by atoms with Crippen molar-refractivity contribution in [1.29, 1.82) is 0 Å². The summed E-state index contributed by atoms with van der Waals surface area (Å²) in [6.07, 6.45) is 1.83. The molecule has 22 heavy (non-hydrogen) atoms. The molecule has 1 N–H and O–H groups in total. The summed E-state index contributed by atoms with van der Waals surface area (Å²) in [6, 6.07) is 18.4. The maximum absolute atomic E-state index is 4.63. The third-order valence-electron chi connectivity index (χ3n) is 3.40. The fraction of sp³-hybridized carbons (Fsp3) is 0.111. The summed E-state index contributed by atoms with van der Waals surface area (Å²) in [7, 11) is 0. The number of aromatic nitrogens is 1. The van der Waals surface area contributed by atoms with Gasteiger partial charge in [-0.2, -0.15) is 5.10 Å². The highest BCUT2D eigenvalue weighted by Gasteiger charge is 2.08. The molecular weight excluding hydrogens is 290 g/mol. The second kappa shape index (κ2) is 6.54. The number of nitrogens with zero attached hydrogens (tertiary/aromatic N) is 2. The van der Waals surface area contributed by atoms with Crippen LogP contribution in [0.1, 0.15) is 16.0 Å². The molecule has 4 heteroatoms. The molecule has 110 valence electrons. The van der Waals surface area contributed by atoms with Crippen LogP contribution in [0.4, 0.5) is 5.13 Å². The number of benzene rings is 2. The highest BCUT2D eigenvalue weighted by molar-refractivity contribution is 7.15. The van der Waals surface area contributed by atoms with Gasteiger partial charge in [-0.3, -0.25) is 5.43 Å². The van der Waals surface area contributed by atoms with Crippen molar-refractivity contribution in [3.8, 4) is 11.3 Å². The molecule has 0 aliphatic carbocycles. The first kappa shape index (κ1) is 14.5. The number of thiazole rings is 1. The van der Waals surface area contributed by atoms with Gasteiger partial charge in [0.25, 0.3) is 0 Å². The number of rotatable bonds is 4. The fourth-order valence-electron chi connectivity index (χ4n) is 2.20. The number of hydrogen-bond acceptors (Lipinski definition) is 4. The van der Waals surface area contributed by atoms with Crippen LogP contribution in [0.15, 0.2) is 59.7 Å². The molecule has 0 saturated carbocycles. The van der Waals surface area contributed by atoms with Gasteiger partial charge in [0.2, 0.25) is 5.13 Å². The Morgan fingerprint density at radius 2 is 1.73 bits per heavy atom. The van der Waals surface area contributed by atoms with Crippen LogP contribution in [0.25, 0.3) is 11.3 Å². The van der Waals surface area contributed by atoms with Gasteiger partial charge < -0.3 is 0 Å². The molecule has 0 atom stereocenters. The lowest BCUT2D eigenvalue weighted by Gasteiger charge is -1.98. The van der Waals surface area contributed by atoms with Crippen molar-refractivity contribution in [1.82, 2.24) is 4.98 Å². The number of hydrazone groups is 1. The van der Waals surface area contributed by atoms with Gasteiger partial charge in [0.1, 0.15) is 0 Å². The topological polar surface area (TPSA) is 37.3 Å². The van der Waals surface area contributed by atoms with Crippen molar-refractivity contribution in [3.05, 3.63) is 70.6 Å². The van der Waals surface area contributed by atoms with E-state index in [-0.39, 0.29) is 0 Å². The molecule has 1 aromatic heterocycles. The number of hydrogen-bond donors (Lipinski definition) is 1. The van der Waals surface area contributed by atoms with Crippen molar-refractivity contribution in [2.75, 3.05) is 5.43 Å². The summed E-state index contributed by atoms with van der Waals surface area (Å²) in [4.78, 5) is 5.81. The third kappa shape index (κ3) is 3.23. The normalized spacial score (nSPS) is 11.0. The molecule has 1 heterocycles. The molecule has 0 bridgehead atoms. The van der Waals surface area contributed by atoms with Crippen LogP contribution >= 0.6 is 11.3 Å². The van der Waals surface area contributed by atoms with E-state index in [9.17, 15) is 0 Å². The molecule has 0 spiro atoms.